The maximum atomic E-state index is 14.2. The highest BCUT2D eigenvalue weighted by molar-refractivity contribution is 7.97. The maximum Gasteiger partial charge on any atom is 0.337 e. The largest absolute Gasteiger partial charge is 0.474 e. The van der Waals surface area contributed by atoms with Crippen molar-refractivity contribution >= 4 is 45.3 Å². The number of likely N-dealkylation sites (tertiary alicyclic amines) is 1. The van der Waals surface area contributed by atoms with E-state index in [9.17, 15) is 14.4 Å². The molecule has 1 aliphatic carbocycles. The van der Waals surface area contributed by atoms with Gasteiger partial charge in [0.2, 0.25) is 5.88 Å². The average Bonchev–Trinajstić information content (AvgIpc) is 3.71. The van der Waals surface area contributed by atoms with Gasteiger partial charge >= 0.3 is 5.97 Å². The molecule has 8 nitrogen and oxygen atoms in total. The van der Waals surface area contributed by atoms with Crippen LogP contribution < -0.4 is 4.74 Å². The topological polar surface area (TPSA) is 93.3 Å². The summed E-state index contributed by atoms with van der Waals surface area (Å²) < 4.78 is 27.6. The summed E-state index contributed by atoms with van der Waals surface area (Å²) in [6.45, 7) is 3.05. The van der Waals surface area contributed by atoms with Crippen LogP contribution in [-0.2, 0) is 17.8 Å². The van der Waals surface area contributed by atoms with Gasteiger partial charge in [0, 0.05) is 47.5 Å². The van der Waals surface area contributed by atoms with Gasteiger partial charge in [-0.3, -0.25) is 4.90 Å². The first kappa shape index (κ1) is 30.3. The smallest absolute Gasteiger partial charge is 0.337 e. The summed E-state index contributed by atoms with van der Waals surface area (Å²) in [4.78, 5) is 24.7. The molecule has 2 fully saturated rings. The summed E-state index contributed by atoms with van der Waals surface area (Å²) in [5, 5.41) is 11.6. The Morgan fingerprint density at radius 2 is 2.00 bits per heavy atom. The minimum absolute atomic E-state index is 0.0271. The van der Waals surface area contributed by atoms with Crippen LogP contribution in [0.25, 0.3) is 11.0 Å². The van der Waals surface area contributed by atoms with E-state index < -0.39 is 0 Å². The van der Waals surface area contributed by atoms with Gasteiger partial charge in [0.1, 0.15) is 17.7 Å². The first-order valence-electron chi connectivity index (χ1n) is 14.6. The second-order valence-electron chi connectivity index (χ2n) is 11.5. The number of carbonyl (C=O) groups excluding carboxylic acids is 1. The van der Waals surface area contributed by atoms with Gasteiger partial charge in [0.25, 0.3) is 0 Å². The number of benzene rings is 2. The molecular weight excluding hydrogens is 601 g/mol. The van der Waals surface area contributed by atoms with E-state index in [2.05, 4.69) is 20.5 Å². The quantitative estimate of drug-likeness (QED) is 0.122. The van der Waals surface area contributed by atoms with Crippen LogP contribution in [0.5, 0.6) is 5.88 Å². The summed E-state index contributed by atoms with van der Waals surface area (Å²) in [5.41, 5.74) is 2.91. The summed E-state index contributed by atoms with van der Waals surface area (Å²) in [7, 11) is 1.38. The van der Waals surface area contributed by atoms with E-state index in [-0.39, 0.29) is 23.3 Å². The van der Waals surface area contributed by atoms with Gasteiger partial charge in [0.05, 0.1) is 42.0 Å². The summed E-state index contributed by atoms with van der Waals surface area (Å²) in [6, 6.07) is 18.1. The third-order valence-electron chi connectivity index (χ3n) is 8.33. The molecule has 0 unspecified atom stereocenters. The minimum Gasteiger partial charge on any atom is -0.474 e. The Morgan fingerprint density at radius 3 is 2.73 bits per heavy atom. The van der Waals surface area contributed by atoms with Crippen molar-refractivity contribution in [2.24, 2.45) is 5.41 Å². The molecule has 1 saturated carbocycles. The molecule has 2 aromatic carbocycles. The number of methoxy groups -OCH3 is 1. The van der Waals surface area contributed by atoms with E-state index in [1.54, 1.807) is 18.2 Å². The highest BCUT2D eigenvalue weighted by Crippen LogP contribution is 2.50. The number of hydrogen-bond acceptors (Lipinski definition) is 7. The lowest BCUT2D eigenvalue weighted by atomic mass is 10.0. The Hall–Kier alpha value is -3.78. The molecule has 0 spiro atoms. The van der Waals surface area contributed by atoms with Gasteiger partial charge in [-0.05, 0) is 73.5 Å². The molecule has 6 rings (SSSR count). The normalized spacial score (nSPS) is 16.9. The van der Waals surface area contributed by atoms with E-state index in [4.69, 9.17) is 26.1 Å². The first-order valence-corrected chi connectivity index (χ1v) is 16.0. The number of imidazole rings is 1. The van der Waals surface area contributed by atoms with E-state index in [0.29, 0.717) is 52.2 Å². The number of thiol groups is 1. The number of rotatable bonds is 10. The summed E-state index contributed by atoms with van der Waals surface area (Å²) in [5.74, 6) is 0.769. The van der Waals surface area contributed by atoms with Crippen LogP contribution in [0.2, 0.25) is 5.02 Å². The Labute approximate surface area is 264 Å². The number of nitrogens with zero attached hydrogens (tertiary/aromatic N) is 5. The lowest BCUT2D eigenvalue weighted by molar-refractivity contribution is 0.0601. The Kier molecular flexibility index (Phi) is 8.98. The van der Waals surface area contributed by atoms with Crippen molar-refractivity contribution in [3.05, 3.63) is 82.5 Å². The highest BCUT2D eigenvalue weighted by atomic mass is 35.5. The molecule has 0 radical (unpaired) electrons. The number of halogens is 2. The molecule has 228 valence electrons. The van der Waals surface area contributed by atoms with E-state index in [1.165, 1.54) is 13.2 Å². The standard InChI is InChI=1S/C33H33ClFN5O3S/c1-42-32(41)22-5-7-27-28(17-22)40(21-33(11-12-33)13-14-36)30(38-27)19-39-15-9-25(10-16-39)43-31-4-2-3-24(37-31)20-44-29-8-6-23(34)18-26(29)35/h2-8,17-18,20,25,44H,9-13,15-16,19,21H2,1H3. The van der Waals surface area contributed by atoms with Crippen molar-refractivity contribution in [3.8, 4) is 11.9 Å². The Balaban J connectivity index is 1.11. The van der Waals surface area contributed by atoms with Crippen molar-refractivity contribution in [2.45, 2.75) is 56.2 Å². The summed E-state index contributed by atoms with van der Waals surface area (Å²) in [6.07, 6.45) is 4.26. The molecule has 2 aliphatic rings. The van der Waals surface area contributed by atoms with Gasteiger partial charge in [0.15, 0.2) is 0 Å². The van der Waals surface area contributed by atoms with Gasteiger partial charge in [-0.15, -0.1) is 0 Å². The van der Waals surface area contributed by atoms with E-state index >= 15 is 0 Å². The van der Waals surface area contributed by atoms with E-state index in [0.717, 1.165) is 61.3 Å². The molecule has 1 saturated heterocycles. The zero-order valence-electron chi connectivity index (χ0n) is 24.4. The summed E-state index contributed by atoms with van der Waals surface area (Å²) >= 11 is 6.55. The predicted octanol–water partition coefficient (Wildman–Crippen LogP) is 6.42. The zero-order chi connectivity index (χ0) is 30.7. The predicted molar refractivity (Wildman–Crippen MR) is 170 cm³/mol. The van der Waals surface area contributed by atoms with Crippen LogP contribution in [0.15, 0.2) is 59.5 Å². The average molecular weight is 634 g/mol. The van der Waals surface area contributed by atoms with Gasteiger partial charge in [-0.2, -0.15) is 16.6 Å². The molecule has 0 N–H and O–H groups in total. The number of nitriles is 1. The molecule has 1 aliphatic heterocycles. The molecule has 4 aromatic rings. The number of esters is 1. The number of hydrogen-bond donors (Lipinski definition) is 1. The molecule has 0 amide bonds. The van der Waals surface area contributed by atoms with Crippen molar-refractivity contribution in [3.63, 3.8) is 0 Å². The van der Waals surface area contributed by atoms with Crippen LogP contribution in [0.4, 0.5) is 4.39 Å². The lowest BCUT2D eigenvalue weighted by Crippen LogP contribution is -2.38. The van der Waals surface area contributed by atoms with Crippen molar-refractivity contribution < 1.29 is 18.7 Å². The van der Waals surface area contributed by atoms with Gasteiger partial charge < -0.3 is 14.0 Å². The SMILES string of the molecule is COC(=O)c1ccc2nc(CN3CCC(Oc4cccc(C=[SH]c5ccc(Cl)cc5F)n4)CC3)n(CC3(CC#N)CC3)c2c1. The van der Waals surface area contributed by atoms with Crippen LogP contribution in [0, 0.1) is 22.6 Å². The van der Waals surface area contributed by atoms with Gasteiger partial charge in [-0.25, -0.2) is 19.2 Å². The minimum atomic E-state index is -0.380. The lowest BCUT2D eigenvalue weighted by Gasteiger charge is -2.32. The molecule has 0 atom stereocenters. The molecule has 3 heterocycles. The monoisotopic (exact) mass is 633 g/mol. The second kappa shape index (κ2) is 13.1. The first-order chi connectivity index (χ1) is 21.3. The highest BCUT2D eigenvalue weighted by Gasteiger charge is 2.43. The molecule has 44 heavy (non-hydrogen) atoms. The number of pyridine rings is 1. The molecule has 0 bridgehead atoms. The molecule has 2 aromatic heterocycles. The number of piperidine rings is 1. The molecular formula is C33H33ClFN5O3S. The van der Waals surface area contributed by atoms with Crippen molar-refractivity contribution in [1.82, 2.24) is 19.4 Å². The second-order valence-corrected chi connectivity index (χ2v) is 12.9. The van der Waals surface area contributed by atoms with Crippen LogP contribution >= 0.6 is 23.0 Å². The Morgan fingerprint density at radius 1 is 1.18 bits per heavy atom. The van der Waals surface area contributed by atoms with Crippen LogP contribution in [0.3, 0.4) is 0 Å². The number of ether oxygens (including phenoxy) is 2. The van der Waals surface area contributed by atoms with Crippen LogP contribution in [0.1, 0.15) is 54.0 Å². The van der Waals surface area contributed by atoms with E-state index in [1.807, 2.05) is 35.7 Å². The third-order valence-corrected chi connectivity index (χ3v) is 9.60. The zero-order valence-corrected chi connectivity index (χ0v) is 26.0. The fraction of sp³-hybridized carbons (Fsp3) is 0.364. The number of fused-ring (bicyclic) bond motifs is 1. The molecule has 11 heteroatoms. The third kappa shape index (κ3) is 6.96. The van der Waals surface area contributed by atoms with Crippen molar-refractivity contribution in [2.75, 3.05) is 20.2 Å². The Bertz CT molecular complexity index is 1760. The van der Waals surface area contributed by atoms with Crippen molar-refractivity contribution in [1.29, 1.82) is 5.26 Å². The maximum absolute atomic E-state index is 14.2. The fourth-order valence-electron chi connectivity index (χ4n) is 5.63. The van der Waals surface area contributed by atoms with Gasteiger partial charge in [-0.1, -0.05) is 17.7 Å². The van der Waals surface area contributed by atoms with Crippen LogP contribution in [-0.4, -0.2) is 57.1 Å². The number of carbonyl (C=O) groups is 1. The fourth-order valence-corrected chi connectivity index (χ4v) is 6.55. The number of aromatic nitrogens is 3.